The maximum atomic E-state index is 12.0. The Labute approximate surface area is 84.2 Å². The molecule has 0 spiro atoms. The van der Waals surface area contributed by atoms with Crippen molar-refractivity contribution in [2.75, 3.05) is 6.54 Å². The molecule has 0 aliphatic carbocycles. The molecule has 0 saturated carbocycles. The minimum absolute atomic E-state index is 0.00995. The molecule has 0 bridgehead atoms. The molecular formula is C10H17N3O. The zero-order chi connectivity index (χ0) is 10.3. The van der Waals surface area contributed by atoms with Crippen LogP contribution in [0.2, 0.25) is 0 Å². The average molecular weight is 195 g/mol. The topological polar surface area (TPSA) is 53.8 Å². The molecule has 2 rings (SSSR count). The first-order chi connectivity index (χ1) is 6.48. The maximum absolute atomic E-state index is 12.0. The van der Waals surface area contributed by atoms with Crippen LogP contribution in [0.1, 0.15) is 27.2 Å². The minimum Gasteiger partial charge on any atom is -0.301 e. The molecule has 0 aromatic heterocycles. The maximum Gasteiger partial charge on any atom is 0.155 e. The van der Waals surface area contributed by atoms with Gasteiger partial charge in [-0.3, -0.25) is 4.79 Å². The van der Waals surface area contributed by atoms with E-state index in [2.05, 4.69) is 15.5 Å². The van der Waals surface area contributed by atoms with Gasteiger partial charge in [0.05, 0.1) is 24.7 Å². The molecule has 0 amide bonds. The first kappa shape index (κ1) is 9.77. The highest BCUT2D eigenvalue weighted by atomic mass is 16.1. The van der Waals surface area contributed by atoms with Crippen LogP contribution in [0.15, 0.2) is 10.2 Å². The van der Waals surface area contributed by atoms with Gasteiger partial charge in [-0.2, -0.15) is 10.2 Å². The molecule has 3 atom stereocenters. The fraction of sp³-hybridized carbons (Fsp3) is 0.900. The van der Waals surface area contributed by atoms with Crippen molar-refractivity contribution in [1.82, 2.24) is 5.32 Å². The largest absolute Gasteiger partial charge is 0.301 e. The van der Waals surface area contributed by atoms with Gasteiger partial charge in [-0.15, -0.1) is 0 Å². The third kappa shape index (κ3) is 1.59. The van der Waals surface area contributed by atoms with Gasteiger partial charge in [0.15, 0.2) is 5.78 Å². The monoisotopic (exact) mass is 195 g/mol. The van der Waals surface area contributed by atoms with Crippen LogP contribution in [0.3, 0.4) is 0 Å². The van der Waals surface area contributed by atoms with Crippen molar-refractivity contribution in [3.05, 3.63) is 0 Å². The number of nitrogens with one attached hydrogen (secondary N) is 1. The Kier molecular flexibility index (Phi) is 2.18. The van der Waals surface area contributed by atoms with E-state index >= 15 is 0 Å². The molecule has 14 heavy (non-hydrogen) atoms. The molecule has 4 nitrogen and oxygen atoms in total. The zero-order valence-electron chi connectivity index (χ0n) is 8.95. The highest BCUT2D eigenvalue weighted by molar-refractivity contribution is 5.89. The smallest absolute Gasteiger partial charge is 0.155 e. The van der Waals surface area contributed by atoms with Crippen molar-refractivity contribution >= 4 is 5.78 Å². The molecule has 1 N–H and O–H groups in total. The lowest BCUT2D eigenvalue weighted by atomic mass is 9.86. The van der Waals surface area contributed by atoms with Gasteiger partial charge in [-0.25, -0.2) is 0 Å². The van der Waals surface area contributed by atoms with Crippen molar-refractivity contribution in [2.45, 2.75) is 45.3 Å². The lowest BCUT2D eigenvalue weighted by Gasteiger charge is -2.21. The van der Waals surface area contributed by atoms with Gasteiger partial charge < -0.3 is 5.32 Å². The van der Waals surface area contributed by atoms with Gasteiger partial charge in [-0.1, -0.05) is 20.8 Å². The summed E-state index contributed by atoms with van der Waals surface area (Å²) in [5.41, 5.74) is -0.257. The summed E-state index contributed by atoms with van der Waals surface area (Å²) in [5, 5.41) is 11.4. The number of carbonyl (C=O) groups is 1. The second-order valence-electron chi connectivity index (χ2n) is 5.18. The molecule has 2 heterocycles. The van der Waals surface area contributed by atoms with E-state index < -0.39 is 0 Å². The summed E-state index contributed by atoms with van der Waals surface area (Å²) in [7, 11) is 0. The third-order valence-corrected chi connectivity index (χ3v) is 2.92. The normalized spacial score (nSPS) is 36.1. The Balaban J connectivity index is 2.03. The Morgan fingerprint density at radius 3 is 2.71 bits per heavy atom. The van der Waals surface area contributed by atoms with Crippen molar-refractivity contribution in [3.8, 4) is 0 Å². The molecule has 2 aliphatic rings. The number of Topliss-reactive ketones (excluding diaryl/α,β-unsaturated/α-hetero) is 1. The van der Waals surface area contributed by atoms with Crippen molar-refractivity contribution in [2.24, 2.45) is 15.6 Å². The van der Waals surface area contributed by atoms with Crippen molar-refractivity contribution < 1.29 is 4.79 Å². The first-order valence-electron chi connectivity index (χ1n) is 5.15. The first-order valence-corrected chi connectivity index (χ1v) is 5.15. The highest BCUT2D eigenvalue weighted by Crippen LogP contribution is 2.27. The zero-order valence-corrected chi connectivity index (χ0v) is 8.95. The Hall–Kier alpha value is -0.770. The highest BCUT2D eigenvalue weighted by Gasteiger charge is 2.42. The minimum atomic E-state index is -0.257. The summed E-state index contributed by atoms with van der Waals surface area (Å²) in [6.07, 6.45) is 0.824. The van der Waals surface area contributed by atoms with E-state index in [-0.39, 0.29) is 17.5 Å². The number of hydrogen-bond donors (Lipinski definition) is 1. The number of nitrogens with zero attached hydrogens (tertiary/aromatic N) is 2. The third-order valence-electron chi connectivity index (χ3n) is 2.92. The van der Waals surface area contributed by atoms with E-state index in [1.165, 1.54) is 0 Å². The molecule has 0 radical (unpaired) electrons. The van der Waals surface area contributed by atoms with Crippen LogP contribution in [-0.4, -0.2) is 30.5 Å². The van der Waals surface area contributed by atoms with Gasteiger partial charge in [0.1, 0.15) is 0 Å². The average Bonchev–Trinajstić information content (AvgIpc) is 2.58. The second-order valence-corrected chi connectivity index (χ2v) is 5.18. The number of ketones is 1. The molecule has 1 fully saturated rings. The van der Waals surface area contributed by atoms with Crippen molar-refractivity contribution in [3.63, 3.8) is 0 Å². The molecule has 4 heteroatoms. The van der Waals surface area contributed by atoms with Crippen LogP contribution in [-0.2, 0) is 4.79 Å². The number of carbonyl (C=O) groups excluding carboxylic acids is 1. The summed E-state index contributed by atoms with van der Waals surface area (Å²) in [6.45, 7) is 6.63. The lowest BCUT2D eigenvalue weighted by molar-refractivity contribution is -0.128. The van der Waals surface area contributed by atoms with Crippen LogP contribution in [0.4, 0.5) is 0 Å². The fourth-order valence-corrected chi connectivity index (χ4v) is 2.09. The summed E-state index contributed by atoms with van der Waals surface area (Å²) >= 11 is 0. The summed E-state index contributed by atoms with van der Waals surface area (Å²) < 4.78 is 0. The Morgan fingerprint density at radius 2 is 2.14 bits per heavy atom. The predicted octanol–water partition coefficient (Wildman–Crippen LogP) is 1.17. The quantitative estimate of drug-likeness (QED) is 0.682. The number of hydrogen-bond acceptors (Lipinski definition) is 4. The Morgan fingerprint density at radius 1 is 1.43 bits per heavy atom. The van der Waals surface area contributed by atoms with E-state index in [1.807, 2.05) is 20.8 Å². The summed E-state index contributed by atoms with van der Waals surface area (Å²) in [4.78, 5) is 12.0. The van der Waals surface area contributed by atoms with E-state index in [0.717, 1.165) is 13.0 Å². The molecule has 1 saturated heterocycles. The van der Waals surface area contributed by atoms with Gasteiger partial charge in [0, 0.05) is 5.41 Å². The predicted molar refractivity (Wildman–Crippen MR) is 53.3 cm³/mol. The van der Waals surface area contributed by atoms with Crippen LogP contribution in [0.25, 0.3) is 0 Å². The lowest BCUT2D eigenvalue weighted by Crippen LogP contribution is -2.42. The molecule has 0 aromatic carbocycles. The van der Waals surface area contributed by atoms with Gasteiger partial charge in [0.25, 0.3) is 0 Å². The Bertz CT molecular complexity index is 280. The van der Waals surface area contributed by atoms with E-state index in [4.69, 9.17) is 0 Å². The summed E-state index contributed by atoms with van der Waals surface area (Å²) in [5.74, 6) is 0.294. The van der Waals surface area contributed by atoms with Gasteiger partial charge in [-0.05, 0) is 6.42 Å². The van der Waals surface area contributed by atoms with E-state index in [1.54, 1.807) is 0 Å². The van der Waals surface area contributed by atoms with Crippen LogP contribution >= 0.6 is 0 Å². The number of azo groups is 1. The number of fused-ring (bicyclic) bond motifs is 1. The second kappa shape index (κ2) is 3.12. The van der Waals surface area contributed by atoms with E-state index in [9.17, 15) is 4.79 Å². The molecule has 3 unspecified atom stereocenters. The molecule has 0 aromatic rings. The fourth-order valence-electron chi connectivity index (χ4n) is 2.09. The molecule has 2 aliphatic heterocycles. The van der Waals surface area contributed by atoms with E-state index in [0.29, 0.717) is 11.8 Å². The molecular weight excluding hydrogens is 178 g/mol. The SMILES string of the molecule is CC(C)(C)C(=O)C1CC2N=NCC2N1. The van der Waals surface area contributed by atoms with Gasteiger partial charge >= 0.3 is 0 Å². The van der Waals surface area contributed by atoms with Crippen LogP contribution in [0, 0.1) is 5.41 Å². The summed E-state index contributed by atoms with van der Waals surface area (Å²) in [6, 6.07) is 0.543. The van der Waals surface area contributed by atoms with Gasteiger partial charge in [0.2, 0.25) is 0 Å². The van der Waals surface area contributed by atoms with Crippen LogP contribution in [0.5, 0.6) is 0 Å². The number of rotatable bonds is 1. The van der Waals surface area contributed by atoms with Crippen LogP contribution < -0.4 is 5.32 Å². The van der Waals surface area contributed by atoms with Crippen molar-refractivity contribution in [1.29, 1.82) is 0 Å². The molecule has 78 valence electrons. The standard InChI is InChI=1S/C10H17N3O/c1-10(2,3)9(14)7-4-6-8(12-7)5-11-13-6/h6-8,12H,4-5H2,1-3H3.